The predicted molar refractivity (Wildman–Crippen MR) is 76.9 cm³/mol. The molecule has 0 amide bonds. The Labute approximate surface area is 116 Å². The quantitative estimate of drug-likeness (QED) is 0.860. The molecule has 108 valence electrons. The molecule has 2 N–H and O–H groups in total. The minimum atomic E-state index is 0.337. The summed E-state index contributed by atoms with van der Waals surface area (Å²) in [6.07, 6.45) is 6.26. The van der Waals surface area contributed by atoms with Gasteiger partial charge in [-0.25, -0.2) is 0 Å². The number of hydrogen-bond acceptors (Lipinski definition) is 3. The van der Waals surface area contributed by atoms with Gasteiger partial charge in [0.2, 0.25) is 0 Å². The molecular weight excluding hydrogens is 238 g/mol. The summed E-state index contributed by atoms with van der Waals surface area (Å²) >= 11 is 0. The molecule has 1 aliphatic carbocycles. The third-order valence-corrected chi connectivity index (χ3v) is 4.16. The zero-order valence-electron chi connectivity index (χ0n) is 12.3. The van der Waals surface area contributed by atoms with Gasteiger partial charge in [-0.2, -0.15) is 5.10 Å². The number of aromatic nitrogens is 2. The van der Waals surface area contributed by atoms with E-state index in [9.17, 15) is 0 Å². The smallest absolute Gasteiger partial charge is 0.0888 e. The second-order valence-electron chi connectivity index (χ2n) is 5.43. The molecule has 4 nitrogen and oxygen atoms in total. The van der Waals surface area contributed by atoms with Crippen molar-refractivity contribution in [3.05, 3.63) is 17.5 Å². The van der Waals surface area contributed by atoms with Crippen LogP contribution in [-0.2, 0) is 24.3 Å². The van der Waals surface area contributed by atoms with Crippen LogP contribution in [0.1, 0.15) is 50.9 Å². The lowest BCUT2D eigenvalue weighted by Crippen LogP contribution is -2.33. The topological polar surface area (TPSA) is 53.1 Å². The van der Waals surface area contributed by atoms with Crippen molar-refractivity contribution in [2.75, 3.05) is 6.54 Å². The van der Waals surface area contributed by atoms with E-state index in [1.54, 1.807) is 0 Å². The lowest BCUT2D eigenvalue weighted by atomic mass is 9.86. The number of nitrogens with two attached hydrogens (primary N) is 1. The van der Waals surface area contributed by atoms with Crippen molar-refractivity contribution in [3.8, 4) is 0 Å². The van der Waals surface area contributed by atoms with Crippen molar-refractivity contribution in [2.24, 2.45) is 11.7 Å². The Morgan fingerprint density at radius 3 is 2.84 bits per heavy atom. The van der Waals surface area contributed by atoms with Gasteiger partial charge < -0.3 is 10.5 Å². The molecule has 0 radical (unpaired) electrons. The molecule has 0 aliphatic heterocycles. The van der Waals surface area contributed by atoms with Gasteiger partial charge in [-0.05, 0) is 44.7 Å². The van der Waals surface area contributed by atoms with Crippen molar-refractivity contribution in [1.29, 1.82) is 0 Å². The van der Waals surface area contributed by atoms with Crippen molar-refractivity contribution in [1.82, 2.24) is 9.78 Å². The molecule has 0 saturated heterocycles. The minimum absolute atomic E-state index is 0.337. The number of nitrogens with zero attached hydrogens (tertiary/aromatic N) is 2. The third-order valence-electron chi connectivity index (χ3n) is 4.16. The highest BCUT2D eigenvalue weighted by molar-refractivity contribution is 5.09. The van der Waals surface area contributed by atoms with Gasteiger partial charge in [-0.1, -0.05) is 19.8 Å². The summed E-state index contributed by atoms with van der Waals surface area (Å²) in [5.74, 6) is 0.539. The van der Waals surface area contributed by atoms with Crippen LogP contribution in [0.2, 0.25) is 0 Å². The van der Waals surface area contributed by atoms with Gasteiger partial charge in [0.25, 0.3) is 0 Å². The Morgan fingerprint density at radius 1 is 1.37 bits per heavy atom. The highest BCUT2D eigenvalue weighted by atomic mass is 16.5. The summed E-state index contributed by atoms with van der Waals surface area (Å²) in [6, 6.07) is 2.17. The molecule has 2 rings (SSSR count). The molecule has 1 heterocycles. The molecule has 1 aromatic rings. The van der Waals surface area contributed by atoms with E-state index in [1.165, 1.54) is 25.0 Å². The lowest BCUT2D eigenvalue weighted by Gasteiger charge is -2.30. The van der Waals surface area contributed by atoms with Crippen LogP contribution in [0.15, 0.2) is 6.07 Å². The standard InChI is InChI=1S/C15H27N3O/c1-3-13-9-14(18(4-2)17-13)11-19-15-8-6-5-7-12(15)10-16/h9,12,15H,3-8,10-11,16H2,1-2H3. The van der Waals surface area contributed by atoms with E-state index in [-0.39, 0.29) is 0 Å². The van der Waals surface area contributed by atoms with Crippen molar-refractivity contribution < 1.29 is 4.74 Å². The molecule has 1 aromatic heterocycles. The SMILES string of the molecule is CCc1cc(COC2CCCCC2CN)n(CC)n1. The fraction of sp³-hybridized carbons (Fsp3) is 0.800. The lowest BCUT2D eigenvalue weighted by molar-refractivity contribution is -0.0208. The van der Waals surface area contributed by atoms with Crippen molar-refractivity contribution >= 4 is 0 Å². The summed E-state index contributed by atoms with van der Waals surface area (Å²) in [5.41, 5.74) is 8.19. The van der Waals surface area contributed by atoms with Crippen LogP contribution in [0.3, 0.4) is 0 Å². The van der Waals surface area contributed by atoms with Gasteiger partial charge in [0, 0.05) is 6.54 Å². The zero-order chi connectivity index (χ0) is 13.7. The first-order valence-corrected chi connectivity index (χ1v) is 7.65. The largest absolute Gasteiger partial charge is 0.372 e. The summed E-state index contributed by atoms with van der Waals surface area (Å²) in [5, 5.41) is 4.56. The summed E-state index contributed by atoms with van der Waals surface area (Å²) in [4.78, 5) is 0. The summed E-state index contributed by atoms with van der Waals surface area (Å²) < 4.78 is 8.19. The molecule has 0 aromatic carbocycles. The Morgan fingerprint density at radius 2 is 2.16 bits per heavy atom. The van der Waals surface area contributed by atoms with E-state index in [0.29, 0.717) is 18.6 Å². The minimum Gasteiger partial charge on any atom is -0.372 e. The highest BCUT2D eigenvalue weighted by Crippen LogP contribution is 2.26. The molecule has 2 unspecified atom stereocenters. The zero-order valence-corrected chi connectivity index (χ0v) is 12.3. The number of hydrogen-bond donors (Lipinski definition) is 1. The average molecular weight is 265 g/mol. The average Bonchev–Trinajstić information content (AvgIpc) is 2.87. The summed E-state index contributed by atoms with van der Waals surface area (Å²) in [7, 11) is 0. The Bertz CT molecular complexity index is 389. The Hall–Kier alpha value is -0.870. The first-order chi connectivity index (χ1) is 9.28. The molecule has 2 atom stereocenters. The van der Waals surface area contributed by atoms with E-state index in [0.717, 1.165) is 31.6 Å². The van der Waals surface area contributed by atoms with Gasteiger partial charge in [0.05, 0.1) is 24.1 Å². The Kier molecular flexibility index (Phi) is 5.40. The maximum absolute atomic E-state index is 6.13. The molecule has 0 bridgehead atoms. The van der Waals surface area contributed by atoms with Gasteiger partial charge in [-0.3, -0.25) is 4.68 Å². The van der Waals surface area contributed by atoms with Crippen LogP contribution >= 0.6 is 0 Å². The van der Waals surface area contributed by atoms with Crippen LogP contribution in [0.4, 0.5) is 0 Å². The van der Waals surface area contributed by atoms with Crippen LogP contribution in [0, 0.1) is 5.92 Å². The predicted octanol–water partition coefficient (Wildman–Crippen LogP) is 2.50. The molecule has 1 saturated carbocycles. The normalized spacial score (nSPS) is 23.7. The second kappa shape index (κ2) is 7.06. The van der Waals surface area contributed by atoms with Gasteiger partial charge in [0.15, 0.2) is 0 Å². The second-order valence-corrected chi connectivity index (χ2v) is 5.43. The number of ether oxygens (including phenoxy) is 1. The first kappa shape index (κ1) is 14.5. The van der Waals surface area contributed by atoms with E-state index >= 15 is 0 Å². The van der Waals surface area contributed by atoms with Crippen LogP contribution in [-0.4, -0.2) is 22.4 Å². The van der Waals surface area contributed by atoms with Gasteiger partial charge >= 0.3 is 0 Å². The third kappa shape index (κ3) is 3.57. The summed E-state index contributed by atoms with van der Waals surface area (Å²) in [6.45, 7) is 6.58. The monoisotopic (exact) mass is 265 g/mol. The van der Waals surface area contributed by atoms with Crippen LogP contribution in [0.5, 0.6) is 0 Å². The molecule has 1 fully saturated rings. The van der Waals surface area contributed by atoms with Crippen molar-refractivity contribution in [3.63, 3.8) is 0 Å². The van der Waals surface area contributed by atoms with E-state index in [1.807, 2.05) is 0 Å². The van der Waals surface area contributed by atoms with E-state index in [2.05, 4.69) is 29.7 Å². The first-order valence-electron chi connectivity index (χ1n) is 7.65. The van der Waals surface area contributed by atoms with Crippen LogP contribution < -0.4 is 5.73 Å². The number of rotatable bonds is 6. The Balaban J connectivity index is 1.95. The maximum Gasteiger partial charge on any atom is 0.0888 e. The fourth-order valence-electron chi connectivity index (χ4n) is 2.93. The highest BCUT2D eigenvalue weighted by Gasteiger charge is 2.24. The molecule has 19 heavy (non-hydrogen) atoms. The van der Waals surface area contributed by atoms with Crippen molar-refractivity contribution in [2.45, 2.75) is 65.2 Å². The van der Waals surface area contributed by atoms with Crippen LogP contribution in [0.25, 0.3) is 0 Å². The van der Waals surface area contributed by atoms with Gasteiger partial charge in [0.1, 0.15) is 0 Å². The molecule has 4 heteroatoms. The van der Waals surface area contributed by atoms with Gasteiger partial charge in [-0.15, -0.1) is 0 Å². The molecule has 1 aliphatic rings. The number of aryl methyl sites for hydroxylation is 2. The van der Waals surface area contributed by atoms with E-state index < -0.39 is 0 Å². The maximum atomic E-state index is 6.13. The molecular formula is C15H27N3O. The fourth-order valence-corrected chi connectivity index (χ4v) is 2.93. The molecule has 0 spiro atoms. The van der Waals surface area contributed by atoms with E-state index in [4.69, 9.17) is 10.5 Å².